The Hall–Kier alpha value is -2.22. The molecule has 132 valence electrons. The van der Waals surface area contributed by atoms with E-state index in [1.807, 2.05) is 0 Å². The largest absolute Gasteiger partial charge is 0.386 e. The average Bonchev–Trinajstić information content (AvgIpc) is 2.65. The Labute approximate surface area is 142 Å². The van der Waals surface area contributed by atoms with Crippen LogP contribution in [0.25, 0.3) is 0 Å². The topological polar surface area (TPSA) is 96.5 Å². The van der Waals surface area contributed by atoms with Crippen LogP contribution in [0.5, 0.6) is 0 Å². The van der Waals surface area contributed by atoms with Crippen molar-refractivity contribution in [3.8, 4) is 0 Å². The predicted octanol–water partition coefficient (Wildman–Crippen LogP) is 0.666. The highest BCUT2D eigenvalue weighted by Crippen LogP contribution is 2.29. The second-order valence-corrected chi connectivity index (χ2v) is 5.94. The molecule has 2 N–H and O–H groups in total. The maximum Gasteiger partial charge on any atom is 0.291 e. The average molecular weight is 335 g/mol. The Morgan fingerprint density at radius 2 is 2.04 bits per heavy atom. The minimum Gasteiger partial charge on any atom is -0.386 e. The molecule has 1 saturated heterocycles. The lowest BCUT2D eigenvalue weighted by Gasteiger charge is -2.41. The lowest BCUT2D eigenvalue weighted by Crippen LogP contribution is -2.52. The highest BCUT2D eigenvalue weighted by Gasteiger charge is 2.38. The van der Waals surface area contributed by atoms with Gasteiger partial charge < -0.3 is 20.3 Å². The smallest absolute Gasteiger partial charge is 0.291 e. The van der Waals surface area contributed by atoms with E-state index >= 15 is 0 Å². The van der Waals surface area contributed by atoms with Gasteiger partial charge in [-0.05, 0) is 19.3 Å². The van der Waals surface area contributed by atoms with Crippen molar-refractivity contribution >= 4 is 17.5 Å². The highest BCUT2D eigenvalue weighted by atomic mass is 16.5. The molecule has 0 aliphatic carbocycles. The van der Waals surface area contributed by atoms with Crippen molar-refractivity contribution in [1.29, 1.82) is 0 Å². The van der Waals surface area contributed by atoms with E-state index in [0.29, 0.717) is 25.9 Å². The van der Waals surface area contributed by atoms with Crippen molar-refractivity contribution in [3.63, 3.8) is 0 Å². The number of likely N-dealkylation sites (tertiary alicyclic amines) is 1. The third kappa shape index (κ3) is 4.19. The van der Waals surface area contributed by atoms with Gasteiger partial charge in [0.2, 0.25) is 11.7 Å². The summed E-state index contributed by atoms with van der Waals surface area (Å²) in [5.41, 5.74) is 0.257. The molecule has 8 heteroatoms. The Morgan fingerprint density at radius 1 is 1.33 bits per heavy atom. The molecule has 1 aliphatic heterocycles. The molecule has 1 unspecified atom stereocenters. The molecule has 8 nitrogen and oxygen atoms in total. The number of amides is 2. The minimum atomic E-state index is -0.495. The van der Waals surface area contributed by atoms with E-state index in [9.17, 15) is 9.59 Å². The van der Waals surface area contributed by atoms with Gasteiger partial charge in [-0.25, -0.2) is 9.97 Å². The van der Waals surface area contributed by atoms with E-state index in [4.69, 9.17) is 4.74 Å². The number of ether oxygens (including phenoxy) is 1. The van der Waals surface area contributed by atoms with Crippen molar-refractivity contribution in [2.24, 2.45) is 0 Å². The van der Waals surface area contributed by atoms with Crippen LogP contribution in [0.2, 0.25) is 0 Å². The molecule has 0 bridgehead atoms. The summed E-state index contributed by atoms with van der Waals surface area (Å²) in [6.07, 6.45) is 5.76. The minimum absolute atomic E-state index is 0.0270. The number of carbonyl (C=O) groups excluding carboxylic acids is 2. The lowest BCUT2D eigenvalue weighted by atomic mass is 9.87. The van der Waals surface area contributed by atoms with Gasteiger partial charge in [-0.2, -0.15) is 0 Å². The number of hydrogen-bond acceptors (Lipinski definition) is 6. The Morgan fingerprint density at radius 3 is 2.62 bits per heavy atom. The molecule has 0 saturated carbocycles. The van der Waals surface area contributed by atoms with E-state index in [1.165, 1.54) is 0 Å². The predicted molar refractivity (Wildman–Crippen MR) is 89.8 cm³/mol. The number of aromatic nitrogens is 2. The zero-order chi connectivity index (χ0) is 17.6. The molecule has 0 aromatic carbocycles. The monoisotopic (exact) mass is 335 g/mol. The van der Waals surface area contributed by atoms with Gasteiger partial charge in [-0.1, -0.05) is 0 Å². The number of carbonyl (C=O) groups is 2. The van der Waals surface area contributed by atoms with Crippen molar-refractivity contribution in [3.05, 3.63) is 18.2 Å². The van der Waals surface area contributed by atoms with Crippen LogP contribution >= 0.6 is 0 Å². The van der Waals surface area contributed by atoms with Crippen LogP contribution in [0.4, 0.5) is 5.69 Å². The van der Waals surface area contributed by atoms with Gasteiger partial charge >= 0.3 is 0 Å². The van der Waals surface area contributed by atoms with Crippen molar-refractivity contribution < 1.29 is 14.3 Å². The second-order valence-electron chi connectivity index (χ2n) is 5.94. The number of nitrogens with one attached hydrogen (secondary N) is 2. The molecule has 0 spiro atoms. The standard InChI is InChI=1S/C16H25N5O3/c1-17-12-9-19-14(20-10-12)15(23)21-8-4-6-16(11-21,24-3)7-5-13(22)18-2/h9-10,17H,4-8,11H2,1-3H3,(H,18,22). The molecular weight excluding hydrogens is 310 g/mol. The SMILES string of the molecule is CNC(=O)CCC1(OC)CCCN(C(=O)c2ncc(NC)cn2)C1. The molecule has 2 amide bonds. The van der Waals surface area contributed by atoms with Gasteiger partial charge in [0.05, 0.1) is 30.2 Å². The maximum atomic E-state index is 12.6. The van der Waals surface area contributed by atoms with Gasteiger partial charge in [0.1, 0.15) is 0 Å². The molecule has 1 aliphatic rings. The fourth-order valence-corrected chi connectivity index (χ4v) is 2.92. The third-order valence-corrected chi connectivity index (χ3v) is 4.48. The van der Waals surface area contributed by atoms with Crippen molar-refractivity contribution in [1.82, 2.24) is 20.2 Å². The normalized spacial score (nSPS) is 20.5. The molecular formula is C16H25N5O3. The first-order chi connectivity index (χ1) is 11.5. The Bertz CT molecular complexity index is 578. The first kappa shape index (κ1) is 18.1. The van der Waals surface area contributed by atoms with Crippen LogP contribution in [0.3, 0.4) is 0 Å². The summed E-state index contributed by atoms with van der Waals surface area (Å²) in [5.74, 6) is -0.0632. The quantitative estimate of drug-likeness (QED) is 0.793. The molecule has 1 aromatic rings. The lowest BCUT2D eigenvalue weighted by molar-refractivity contribution is -0.123. The van der Waals surface area contributed by atoms with Gasteiger partial charge in [-0.3, -0.25) is 9.59 Å². The summed E-state index contributed by atoms with van der Waals surface area (Å²) < 4.78 is 5.70. The van der Waals surface area contributed by atoms with Gasteiger partial charge in [0.25, 0.3) is 5.91 Å². The van der Waals surface area contributed by atoms with Crippen LogP contribution in [-0.2, 0) is 9.53 Å². The van der Waals surface area contributed by atoms with E-state index in [1.54, 1.807) is 38.5 Å². The van der Waals surface area contributed by atoms with Gasteiger partial charge in [0, 0.05) is 34.2 Å². The second kappa shape index (κ2) is 8.05. The molecule has 2 rings (SSSR count). The highest BCUT2D eigenvalue weighted by molar-refractivity contribution is 5.90. The number of rotatable bonds is 6. The first-order valence-electron chi connectivity index (χ1n) is 8.08. The summed E-state index contributed by atoms with van der Waals surface area (Å²) >= 11 is 0. The van der Waals surface area contributed by atoms with E-state index in [-0.39, 0.29) is 17.6 Å². The molecule has 1 atom stereocenters. The summed E-state index contributed by atoms with van der Waals surface area (Å²) in [4.78, 5) is 34.1. The zero-order valence-corrected chi connectivity index (χ0v) is 14.5. The number of nitrogens with zero attached hydrogens (tertiary/aromatic N) is 3. The number of anilines is 1. The van der Waals surface area contributed by atoms with Crippen LogP contribution in [0.15, 0.2) is 12.4 Å². The summed E-state index contributed by atoms with van der Waals surface area (Å²) in [7, 11) is 5.02. The third-order valence-electron chi connectivity index (χ3n) is 4.48. The molecule has 24 heavy (non-hydrogen) atoms. The Balaban J connectivity index is 2.06. The van der Waals surface area contributed by atoms with Crippen LogP contribution < -0.4 is 10.6 Å². The van der Waals surface area contributed by atoms with E-state index < -0.39 is 5.60 Å². The maximum absolute atomic E-state index is 12.6. The summed E-state index contributed by atoms with van der Waals surface area (Å²) in [6, 6.07) is 0. The first-order valence-corrected chi connectivity index (χ1v) is 8.08. The van der Waals surface area contributed by atoms with E-state index in [0.717, 1.165) is 18.5 Å². The van der Waals surface area contributed by atoms with Gasteiger partial charge in [0.15, 0.2) is 0 Å². The van der Waals surface area contributed by atoms with Crippen LogP contribution in [0.1, 0.15) is 36.3 Å². The molecule has 1 aromatic heterocycles. The molecule has 0 radical (unpaired) electrons. The molecule has 2 heterocycles. The van der Waals surface area contributed by atoms with Crippen LogP contribution in [0, 0.1) is 0 Å². The van der Waals surface area contributed by atoms with Crippen molar-refractivity contribution in [2.75, 3.05) is 39.6 Å². The summed E-state index contributed by atoms with van der Waals surface area (Å²) in [6.45, 7) is 1.08. The van der Waals surface area contributed by atoms with Crippen LogP contribution in [-0.4, -0.2) is 66.6 Å². The number of methoxy groups -OCH3 is 1. The zero-order valence-electron chi connectivity index (χ0n) is 14.5. The Kier molecular flexibility index (Phi) is 6.08. The van der Waals surface area contributed by atoms with Crippen molar-refractivity contribution in [2.45, 2.75) is 31.3 Å². The molecule has 1 fully saturated rings. The fourth-order valence-electron chi connectivity index (χ4n) is 2.92. The summed E-state index contributed by atoms with van der Waals surface area (Å²) in [5, 5.41) is 5.54. The number of hydrogen-bond donors (Lipinski definition) is 2. The fraction of sp³-hybridized carbons (Fsp3) is 0.625. The van der Waals surface area contributed by atoms with E-state index in [2.05, 4.69) is 20.6 Å². The number of piperidine rings is 1. The van der Waals surface area contributed by atoms with Gasteiger partial charge in [-0.15, -0.1) is 0 Å².